The van der Waals surface area contributed by atoms with Crippen LogP contribution in [0.2, 0.25) is 0 Å². The van der Waals surface area contributed by atoms with Gasteiger partial charge in [-0.1, -0.05) is 12.1 Å². The summed E-state index contributed by atoms with van der Waals surface area (Å²) < 4.78 is 0. The van der Waals surface area contributed by atoms with Crippen molar-refractivity contribution in [2.24, 2.45) is 11.0 Å². The molecule has 0 aromatic heterocycles. The lowest BCUT2D eigenvalue weighted by Crippen LogP contribution is -2.25. The summed E-state index contributed by atoms with van der Waals surface area (Å²) in [6.07, 6.45) is 2.30. The monoisotopic (exact) mass is 202 g/mol. The molecule has 2 rings (SSSR count). The summed E-state index contributed by atoms with van der Waals surface area (Å²) in [4.78, 5) is 22.4. The Kier molecular flexibility index (Phi) is 2.33. The van der Waals surface area contributed by atoms with Gasteiger partial charge < -0.3 is 0 Å². The normalized spacial score (nSPS) is 19.7. The van der Waals surface area contributed by atoms with Crippen LogP contribution in [0.1, 0.15) is 17.3 Å². The van der Waals surface area contributed by atoms with E-state index in [4.69, 9.17) is 0 Å². The van der Waals surface area contributed by atoms with Crippen molar-refractivity contribution in [1.82, 2.24) is 0 Å². The number of amides is 1. The van der Waals surface area contributed by atoms with Gasteiger partial charge in [-0.15, -0.1) is 0 Å². The van der Waals surface area contributed by atoms with Gasteiger partial charge in [0.2, 0.25) is 0 Å². The third-order valence-corrected chi connectivity index (χ3v) is 2.30. The first-order valence-electron chi connectivity index (χ1n) is 4.66. The lowest BCUT2D eigenvalue weighted by atomic mass is 10.1. The average Bonchev–Trinajstić information content (AvgIpc) is 2.60. The molecule has 1 aliphatic heterocycles. The molecule has 0 spiro atoms. The number of para-hydroxylation sites is 1. The fourth-order valence-corrected chi connectivity index (χ4v) is 1.44. The van der Waals surface area contributed by atoms with Gasteiger partial charge in [-0.05, 0) is 19.1 Å². The van der Waals surface area contributed by atoms with Crippen molar-refractivity contribution >= 4 is 24.1 Å². The molecule has 0 aliphatic carbocycles. The minimum atomic E-state index is -0.218. The van der Waals surface area contributed by atoms with Crippen LogP contribution in [0.25, 0.3) is 0 Å². The van der Waals surface area contributed by atoms with Gasteiger partial charge in [-0.2, -0.15) is 10.1 Å². The SMILES string of the molecule is CC1C=NN(c2ccccc2C=O)C1=O. The highest BCUT2D eigenvalue weighted by Gasteiger charge is 2.27. The average molecular weight is 202 g/mol. The molecule has 0 radical (unpaired) electrons. The van der Waals surface area contributed by atoms with Crippen LogP contribution in [0.4, 0.5) is 5.69 Å². The summed E-state index contributed by atoms with van der Waals surface area (Å²) in [5, 5.41) is 5.25. The van der Waals surface area contributed by atoms with Gasteiger partial charge in [0.05, 0.1) is 11.6 Å². The number of anilines is 1. The molecule has 1 heterocycles. The van der Waals surface area contributed by atoms with E-state index in [1.165, 1.54) is 5.01 Å². The molecule has 15 heavy (non-hydrogen) atoms. The van der Waals surface area contributed by atoms with Crippen LogP contribution in [-0.2, 0) is 4.79 Å². The quantitative estimate of drug-likeness (QED) is 0.682. The largest absolute Gasteiger partial charge is 0.298 e. The van der Waals surface area contributed by atoms with Crippen LogP contribution in [0.5, 0.6) is 0 Å². The number of hydrazone groups is 1. The predicted octanol–water partition coefficient (Wildman–Crippen LogP) is 1.47. The number of carbonyl (C=O) groups excluding carboxylic acids is 2. The lowest BCUT2D eigenvalue weighted by molar-refractivity contribution is -0.119. The summed E-state index contributed by atoms with van der Waals surface area (Å²) in [5.74, 6) is -0.325. The van der Waals surface area contributed by atoms with Crippen molar-refractivity contribution in [1.29, 1.82) is 0 Å². The minimum absolute atomic E-state index is 0.107. The molecule has 1 amide bonds. The molecule has 1 aromatic carbocycles. The van der Waals surface area contributed by atoms with Gasteiger partial charge in [0.25, 0.3) is 5.91 Å². The van der Waals surface area contributed by atoms with E-state index >= 15 is 0 Å². The highest BCUT2D eigenvalue weighted by Crippen LogP contribution is 2.23. The maximum atomic E-state index is 11.7. The molecule has 76 valence electrons. The second kappa shape index (κ2) is 3.65. The highest BCUT2D eigenvalue weighted by atomic mass is 16.2. The number of rotatable bonds is 2. The van der Waals surface area contributed by atoms with Crippen molar-refractivity contribution in [2.45, 2.75) is 6.92 Å². The topological polar surface area (TPSA) is 49.7 Å². The number of benzene rings is 1. The Morgan fingerprint density at radius 3 is 2.73 bits per heavy atom. The molecule has 1 aromatic rings. The van der Waals surface area contributed by atoms with E-state index in [0.717, 1.165) is 6.29 Å². The number of carbonyl (C=O) groups is 2. The third-order valence-electron chi connectivity index (χ3n) is 2.30. The van der Waals surface area contributed by atoms with E-state index in [1.54, 1.807) is 37.4 Å². The molecule has 1 aliphatic rings. The van der Waals surface area contributed by atoms with E-state index in [9.17, 15) is 9.59 Å². The van der Waals surface area contributed by atoms with Gasteiger partial charge >= 0.3 is 0 Å². The Bertz CT molecular complexity index is 440. The smallest absolute Gasteiger partial charge is 0.255 e. The summed E-state index contributed by atoms with van der Waals surface area (Å²) >= 11 is 0. The van der Waals surface area contributed by atoms with Crippen molar-refractivity contribution in [3.8, 4) is 0 Å². The fraction of sp³-hybridized carbons (Fsp3) is 0.182. The van der Waals surface area contributed by atoms with Gasteiger partial charge in [0.1, 0.15) is 0 Å². The van der Waals surface area contributed by atoms with Gasteiger partial charge in [-0.25, -0.2) is 0 Å². The summed E-state index contributed by atoms with van der Waals surface area (Å²) in [6.45, 7) is 1.77. The van der Waals surface area contributed by atoms with Gasteiger partial charge in [0.15, 0.2) is 6.29 Å². The molecular formula is C11H10N2O2. The van der Waals surface area contributed by atoms with Crippen LogP contribution in [0.3, 0.4) is 0 Å². The van der Waals surface area contributed by atoms with Crippen molar-refractivity contribution < 1.29 is 9.59 Å². The Morgan fingerprint density at radius 1 is 1.40 bits per heavy atom. The molecule has 0 bridgehead atoms. The summed E-state index contributed by atoms with van der Waals surface area (Å²) in [6, 6.07) is 6.89. The summed E-state index contributed by atoms with van der Waals surface area (Å²) in [7, 11) is 0. The third kappa shape index (κ3) is 1.54. The molecule has 1 unspecified atom stereocenters. The van der Waals surface area contributed by atoms with Gasteiger partial charge in [-0.3, -0.25) is 9.59 Å². The Hall–Kier alpha value is -1.97. The van der Waals surface area contributed by atoms with Crippen LogP contribution in [0.15, 0.2) is 29.4 Å². The first-order chi connectivity index (χ1) is 7.24. The standard InChI is InChI=1S/C11H10N2O2/c1-8-6-12-13(11(8)15)10-5-3-2-4-9(10)7-14/h2-8H,1H3. The maximum Gasteiger partial charge on any atom is 0.255 e. The van der Waals surface area contributed by atoms with E-state index in [-0.39, 0.29) is 11.8 Å². The van der Waals surface area contributed by atoms with E-state index in [1.807, 2.05) is 0 Å². The van der Waals surface area contributed by atoms with Crippen LogP contribution >= 0.6 is 0 Å². The highest BCUT2D eigenvalue weighted by molar-refractivity contribution is 6.09. The minimum Gasteiger partial charge on any atom is -0.298 e. The first kappa shape index (κ1) is 9.58. The van der Waals surface area contributed by atoms with Gasteiger partial charge in [0, 0.05) is 11.8 Å². The second-order valence-electron chi connectivity index (χ2n) is 3.38. The summed E-state index contributed by atoms with van der Waals surface area (Å²) in [5.41, 5.74) is 1.01. The fourth-order valence-electron chi connectivity index (χ4n) is 1.44. The number of hydrogen-bond acceptors (Lipinski definition) is 3. The Balaban J connectivity index is 2.42. The molecule has 4 nitrogen and oxygen atoms in total. The Labute approximate surface area is 87.2 Å². The molecule has 1 atom stereocenters. The lowest BCUT2D eigenvalue weighted by Gasteiger charge is -2.14. The van der Waals surface area contributed by atoms with Crippen LogP contribution < -0.4 is 5.01 Å². The second-order valence-corrected chi connectivity index (χ2v) is 3.38. The number of aldehydes is 1. The Morgan fingerprint density at radius 2 is 2.13 bits per heavy atom. The molecule has 0 saturated carbocycles. The zero-order valence-electron chi connectivity index (χ0n) is 8.25. The molecule has 0 saturated heterocycles. The van der Waals surface area contributed by atoms with E-state index in [2.05, 4.69) is 5.10 Å². The van der Waals surface area contributed by atoms with Crippen LogP contribution in [0, 0.1) is 5.92 Å². The zero-order chi connectivity index (χ0) is 10.8. The van der Waals surface area contributed by atoms with Crippen molar-refractivity contribution in [3.63, 3.8) is 0 Å². The van der Waals surface area contributed by atoms with E-state index < -0.39 is 0 Å². The zero-order valence-corrected chi connectivity index (χ0v) is 8.25. The molecular weight excluding hydrogens is 192 g/mol. The number of hydrogen-bond donors (Lipinski definition) is 0. The molecule has 0 fully saturated rings. The maximum absolute atomic E-state index is 11.7. The van der Waals surface area contributed by atoms with Crippen molar-refractivity contribution in [3.05, 3.63) is 29.8 Å². The van der Waals surface area contributed by atoms with Crippen molar-refractivity contribution in [2.75, 3.05) is 5.01 Å². The predicted molar refractivity (Wildman–Crippen MR) is 57.0 cm³/mol. The first-order valence-corrected chi connectivity index (χ1v) is 4.66. The number of nitrogens with zero attached hydrogens (tertiary/aromatic N) is 2. The van der Waals surface area contributed by atoms with Crippen LogP contribution in [-0.4, -0.2) is 18.4 Å². The molecule has 0 N–H and O–H groups in total. The molecule has 4 heteroatoms. The van der Waals surface area contributed by atoms with E-state index in [0.29, 0.717) is 11.3 Å².